The molecule has 0 spiro atoms. The third-order valence-electron chi connectivity index (χ3n) is 4.30. The van der Waals surface area contributed by atoms with E-state index in [1.165, 1.54) is 6.92 Å². The summed E-state index contributed by atoms with van der Waals surface area (Å²) in [5, 5.41) is 9.85. The van der Waals surface area contributed by atoms with Crippen molar-refractivity contribution in [3.8, 4) is 5.75 Å². The highest BCUT2D eigenvalue weighted by Crippen LogP contribution is 2.31. The minimum absolute atomic E-state index is 0. The summed E-state index contributed by atoms with van der Waals surface area (Å²) in [6.07, 6.45) is -7.52. The maximum absolute atomic E-state index is 14.8. The fourth-order valence-electron chi connectivity index (χ4n) is 2.72. The van der Waals surface area contributed by atoms with Crippen LogP contribution in [0.15, 0.2) is 36.4 Å². The van der Waals surface area contributed by atoms with Gasteiger partial charge >= 0.3 is 6.18 Å². The van der Waals surface area contributed by atoms with E-state index in [0.717, 1.165) is 12.1 Å². The Balaban J connectivity index is 0.00000544. The maximum Gasteiger partial charge on any atom is 0.392 e. The number of carbonyl (C=O) groups is 1. The van der Waals surface area contributed by atoms with Gasteiger partial charge in [-0.15, -0.1) is 12.4 Å². The number of nitrogen functional groups attached to an aromatic ring is 1. The van der Waals surface area contributed by atoms with Crippen LogP contribution in [-0.2, 0) is 16.1 Å². The van der Waals surface area contributed by atoms with Gasteiger partial charge in [-0.25, -0.2) is 8.78 Å². The standard InChI is InChI=1S/C21H22F5N3O3.ClH/c1-2-31-18(20(30)29-11-12-3-5-13(6-4-12)19(27)28)16-14(22)7-8-15(17(16)23)32-10-9-21(24,25)26;/h3-8,18H,2,9-11H2,1H3,(H3,27,28)(H,29,30);1H/t18-;/m0./s1. The highest BCUT2D eigenvalue weighted by atomic mass is 35.5. The molecule has 2 aromatic carbocycles. The summed E-state index contributed by atoms with van der Waals surface area (Å²) < 4.78 is 76.2. The lowest BCUT2D eigenvalue weighted by Gasteiger charge is -2.20. The highest BCUT2D eigenvalue weighted by Gasteiger charge is 2.31. The molecule has 0 saturated heterocycles. The summed E-state index contributed by atoms with van der Waals surface area (Å²) in [6.45, 7) is 0.572. The quantitative estimate of drug-likeness (QED) is 0.258. The second-order valence-corrected chi connectivity index (χ2v) is 6.65. The van der Waals surface area contributed by atoms with Crippen LogP contribution in [-0.4, -0.2) is 31.1 Å². The topological polar surface area (TPSA) is 97.4 Å². The first-order valence-electron chi connectivity index (χ1n) is 9.53. The molecule has 0 radical (unpaired) electrons. The zero-order valence-corrected chi connectivity index (χ0v) is 18.3. The molecule has 0 aliphatic heterocycles. The highest BCUT2D eigenvalue weighted by molar-refractivity contribution is 5.94. The van der Waals surface area contributed by atoms with E-state index in [1.54, 1.807) is 24.3 Å². The number of amides is 1. The van der Waals surface area contributed by atoms with Crippen molar-refractivity contribution in [2.75, 3.05) is 13.2 Å². The number of benzene rings is 2. The summed E-state index contributed by atoms with van der Waals surface area (Å²) in [5.41, 5.74) is 5.73. The number of nitrogens with one attached hydrogen (secondary N) is 2. The summed E-state index contributed by atoms with van der Waals surface area (Å²) in [7, 11) is 0. The first kappa shape index (κ1) is 28.1. The molecular formula is C21H23ClF5N3O3. The van der Waals surface area contributed by atoms with Crippen LogP contribution in [0.25, 0.3) is 0 Å². The molecule has 0 aliphatic carbocycles. The van der Waals surface area contributed by atoms with Crippen molar-refractivity contribution >= 4 is 24.1 Å². The predicted molar refractivity (Wildman–Crippen MR) is 113 cm³/mol. The van der Waals surface area contributed by atoms with Crippen LogP contribution in [0.2, 0.25) is 0 Å². The van der Waals surface area contributed by atoms with Gasteiger partial charge in [0, 0.05) is 18.7 Å². The number of amidine groups is 1. The largest absolute Gasteiger partial charge is 0.490 e. The number of hydrogen-bond donors (Lipinski definition) is 3. The molecule has 0 fully saturated rings. The first-order chi connectivity index (χ1) is 15.0. The molecule has 1 atom stereocenters. The Morgan fingerprint density at radius 2 is 1.79 bits per heavy atom. The molecular weight excluding hydrogens is 473 g/mol. The van der Waals surface area contributed by atoms with E-state index < -0.39 is 54.2 Å². The van der Waals surface area contributed by atoms with Crippen LogP contribution in [0.4, 0.5) is 22.0 Å². The van der Waals surface area contributed by atoms with Gasteiger partial charge in [-0.05, 0) is 24.6 Å². The number of alkyl halides is 3. The molecule has 0 saturated carbocycles. The Bertz CT molecular complexity index is 955. The minimum Gasteiger partial charge on any atom is -0.490 e. The third-order valence-corrected chi connectivity index (χ3v) is 4.30. The zero-order valence-electron chi connectivity index (χ0n) is 17.5. The van der Waals surface area contributed by atoms with E-state index in [1.807, 2.05) is 0 Å². The van der Waals surface area contributed by atoms with Crippen molar-refractivity contribution in [2.45, 2.75) is 32.2 Å². The van der Waals surface area contributed by atoms with Crippen LogP contribution in [0.1, 0.15) is 36.1 Å². The van der Waals surface area contributed by atoms with E-state index in [-0.39, 0.29) is 31.4 Å². The zero-order chi connectivity index (χ0) is 23.9. The van der Waals surface area contributed by atoms with Crippen LogP contribution in [0.3, 0.4) is 0 Å². The monoisotopic (exact) mass is 495 g/mol. The number of nitrogens with two attached hydrogens (primary N) is 1. The Kier molecular flexibility index (Phi) is 10.5. The second kappa shape index (κ2) is 12.4. The first-order valence-corrected chi connectivity index (χ1v) is 9.53. The lowest BCUT2D eigenvalue weighted by molar-refractivity contribution is -0.139. The number of ether oxygens (including phenoxy) is 2. The van der Waals surface area contributed by atoms with E-state index in [2.05, 4.69) is 5.32 Å². The van der Waals surface area contributed by atoms with Crippen LogP contribution < -0.4 is 15.8 Å². The molecule has 0 heterocycles. The Morgan fingerprint density at radius 1 is 1.15 bits per heavy atom. The third kappa shape index (κ3) is 8.17. The molecule has 1 amide bonds. The average molecular weight is 496 g/mol. The van der Waals surface area contributed by atoms with Gasteiger partial charge < -0.3 is 20.5 Å². The molecule has 0 unspecified atom stereocenters. The minimum atomic E-state index is -4.50. The SMILES string of the molecule is CCO[C@H](C(=O)NCc1ccc(C(=N)N)cc1)c1c(F)ccc(OCCC(F)(F)F)c1F.Cl. The van der Waals surface area contributed by atoms with E-state index in [0.29, 0.717) is 11.1 Å². The van der Waals surface area contributed by atoms with Gasteiger partial charge in [-0.2, -0.15) is 13.2 Å². The predicted octanol–water partition coefficient (Wildman–Crippen LogP) is 4.40. The van der Waals surface area contributed by atoms with E-state index >= 15 is 0 Å². The smallest absolute Gasteiger partial charge is 0.392 e. The van der Waals surface area contributed by atoms with Gasteiger partial charge in [0.25, 0.3) is 5.91 Å². The second-order valence-electron chi connectivity index (χ2n) is 6.65. The Labute approximate surface area is 193 Å². The van der Waals surface area contributed by atoms with Crippen molar-refractivity contribution in [2.24, 2.45) is 5.73 Å². The fraction of sp³-hybridized carbons (Fsp3) is 0.333. The summed E-state index contributed by atoms with van der Waals surface area (Å²) in [5.74, 6) is -4.02. The molecule has 4 N–H and O–H groups in total. The van der Waals surface area contributed by atoms with Gasteiger partial charge in [0.2, 0.25) is 0 Å². The number of halogens is 6. The van der Waals surface area contributed by atoms with Crippen LogP contribution in [0.5, 0.6) is 5.75 Å². The molecule has 12 heteroatoms. The summed E-state index contributed by atoms with van der Waals surface area (Å²) >= 11 is 0. The summed E-state index contributed by atoms with van der Waals surface area (Å²) in [4.78, 5) is 12.6. The van der Waals surface area contributed by atoms with E-state index in [4.69, 9.17) is 20.6 Å². The lowest BCUT2D eigenvalue weighted by Crippen LogP contribution is -2.32. The number of rotatable bonds is 10. The van der Waals surface area contributed by atoms with Crippen molar-refractivity contribution in [3.63, 3.8) is 0 Å². The molecule has 182 valence electrons. The Hall–Kier alpha value is -2.92. The summed E-state index contributed by atoms with van der Waals surface area (Å²) in [6, 6.07) is 8.02. The van der Waals surface area contributed by atoms with Gasteiger partial charge in [-0.1, -0.05) is 24.3 Å². The van der Waals surface area contributed by atoms with Crippen molar-refractivity contribution < 1.29 is 36.2 Å². The lowest BCUT2D eigenvalue weighted by atomic mass is 10.1. The van der Waals surface area contributed by atoms with Gasteiger partial charge in [-0.3, -0.25) is 10.2 Å². The maximum atomic E-state index is 14.8. The van der Waals surface area contributed by atoms with Crippen LogP contribution >= 0.6 is 12.4 Å². The van der Waals surface area contributed by atoms with Crippen LogP contribution in [0, 0.1) is 17.0 Å². The molecule has 6 nitrogen and oxygen atoms in total. The van der Waals surface area contributed by atoms with Gasteiger partial charge in [0.15, 0.2) is 17.7 Å². The van der Waals surface area contributed by atoms with Crippen molar-refractivity contribution in [1.82, 2.24) is 5.32 Å². The number of carbonyl (C=O) groups excluding carboxylic acids is 1. The van der Waals surface area contributed by atoms with Gasteiger partial charge in [0.05, 0.1) is 18.6 Å². The molecule has 2 aromatic rings. The molecule has 2 rings (SSSR count). The molecule has 0 bridgehead atoms. The average Bonchev–Trinajstić information content (AvgIpc) is 2.72. The normalized spacial score (nSPS) is 11.9. The fourth-order valence-corrected chi connectivity index (χ4v) is 2.72. The molecule has 0 aromatic heterocycles. The molecule has 33 heavy (non-hydrogen) atoms. The van der Waals surface area contributed by atoms with Crippen molar-refractivity contribution in [3.05, 3.63) is 64.7 Å². The Morgan fingerprint density at radius 3 is 2.33 bits per heavy atom. The number of hydrogen-bond acceptors (Lipinski definition) is 4. The molecule has 0 aliphatic rings. The van der Waals surface area contributed by atoms with Gasteiger partial charge in [0.1, 0.15) is 11.7 Å². The van der Waals surface area contributed by atoms with E-state index in [9.17, 15) is 26.7 Å². The van der Waals surface area contributed by atoms with Crippen molar-refractivity contribution in [1.29, 1.82) is 5.41 Å².